The summed E-state index contributed by atoms with van der Waals surface area (Å²) >= 11 is 1.74. The van der Waals surface area contributed by atoms with Crippen molar-refractivity contribution in [3.05, 3.63) is 70.3 Å². The number of aromatic amines is 1. The molecule has 3 heterocycles. The number of benzene rings is 2. The minimum absolute atomic E-state index is 0.110. The van der Waals surface area contributed by atoms with Gasteiger partial charge in [-0.05, 0) is 80.8 Å². The fourth-order valence-corrected chi connectivity index (χ4v) is 7.27. The van der Waals surface area contributed by atoms with Crippen LogP contribution in [-0.4, -0.2) is 66.0 Å². The lowest BCUT2D eigenvalue weighted by molar-refractivity contribution is -0.943. The molecule has 0 spiro atoms. The minimum atomic E-state index is -4.21. The zero-order valence-corrected chi connectivity index (χ0v) is 25.6. The van der Waals surface area contributed by atoms with Crippen molar-refractivity contribution in [3.8, 4) is 5.75 Å². The zero-order valence-electron chi connectivity index (χ0n) is 23.9. The molecule has 0 bridgehead atoms. The fraction of sp³-hybridized carbons (Fsp3) is 0.433. The zero-order chi connectivity index (χ0) is 29.1. The van der Waals surface area contributed by atoms with Crippen molar-refractivity contribution in [2.75, 3.05) is 51.0 Å². The van der Waals surface area contributed by atoms with Crippen molar-refractivity contribution >= 4 is 45.8 Å². The molecule has 1 fully saturated rings. The van der Waals surface area contributed by atoms with Gasteiger partial charge in [0.15, 0.2) is 6.73 Å². The third-order valence-corrected chi connectivity index (χ3v) is 9.48. The Labute approximate surface area is 244 Å². The van der Waals surface area contributed by atoms with Crippen molar-refractivity contribution in [2.24, 2.45) is 0 Å². The number of rotatable bonds is 11. The molecule has 1 atom stereocenters. The number of ether oxygens (including phenoxy) is 1. The summed E-state index contributed by atoms with van der Waals surface area (Å²) in [6.07, 6.45) is 1.68. The van der Waals surface area contributed by atoms with Gasteiger partial charge in [-0.15, -0.1) is 11.3 Å². The third kappa shape index (κ3) is 7.77. The molecule has 0 amide bonds. The van der Waals surface area contributed by atoms with Crippen LogP contribution in [-0.2, 0) is 13.6 Å². The number of nitrogens with one attached hydrogen (secondary N) is 1. The fourth-order valence-electron chi connectivity index (χ4n) is 5.33. The number of hydrogen-bond donors (Lipinski definition) is 2. The number of H-pyrrole nitrogens is 1. The molecule has 0 saturated carbocycles. The smallest absolute Gasteiger partial charge is 0.477 e. The number of quaternary nitrogens is 1. The predicted molar refractivity (Wildman–Crippen MR) is 165 cm³/mol. The molecule has 11 heteroatoms. The highest BCUT2D eigenvalue weighted by atomic mass is 32.1. The molecule has 1 saturated heterocycles. The Balaban J connectivity index is 1.21. The lowest BCUT2D eigenvalue weighted by Gasteiger charge is -2.45. The van der Waals surface area contributed by atoms with Crippen LogP contribution >= 0.6 is 19.2 Å². The molecule has 0 aliphatic carbocycles. The van der Waals surface area contributed by atoms with Crippen LogP contribution in [0.1, 0.15) is 33.6 Å². The largest absolute Gasteiger partial charge is 0.494 e. The maximum absolute atomic E-state index is 12.7. The number of fused-ring (bicyclic) bond motifs is 2. The van der Waals surface area contributed by atoms with E-state index in [0.29, 0.717) is 16.8 Å². The van der Waals surface area contributed by atoms with Gasteiger partial charge in [0.2, 0.25) is 5.56 Å². The Kier molecular flexibility index (Phi) is 8.90. The minimum Gasteiger partial charge on any atom is -0.494 e. The number of piperazine rings is 1. The van der Waals surface area contributed by atoms with Crippen LogP contribution in [0.15, 0.2) is 64.8 Å². The van der Waals surface area contributed by atoms with E-state index in [1.165, 1.54) is 21.8 Å². The van der Waals surface area contributed by atoms with E-state index in [1.54, 1.807) is 38.2 Å². The highest BCUT2D eigenvalue weighted by Gasteiger charge is 2.38. The molecule has 220 valence electrons. The molecule has 9 nitrogen and oxygen atoms in total. The van der Waals surface area contributed by atoms with Gasteiger partial charge in [-0.1, -0.05) is 6.07 Å². The summed E-state index contributed by atoms with van der Waals surface area (Å²) in [5, 5.41) is 4.34. The van der Waals surface area contributed by atoms with Crippen LogP contribution in [0.2, 0.25) is 0 Å². The molecule has 0 radical (unpaired) electrons. The van der Waals surface area contributed by atoms with Crippen LogP contribution in [0.5, 0.6) is 5.75 Å². The number of anilines is 1. The van der Waals surface area contributed by atoms with E-state index >= 15 is 0 Å². The molecule has 41 heavy (non-hydrogen) atoms. The maximum Gasteiger partial charge on any atom is 0.477 e. The van der Waals surface area contributed by atoms with Crippen LogP contribution in [0.25, 0.3) is 21.0 Å². The number of nitrogens with zero attached hydrogens (tertiary/aromatic N) is 2. The van der Waals surface area contributed by atoms with Gasteiger partial charge in [0.25, 0.3) is 0 Å². The van der Waals surface area contributed by atoms with Gasteiger partial charge < -0.3 is 19.5 Å². The molecule has 1 aliphatic heterocycles. The summed E-state index contributed by atoms with van der Waals surface area (Å²) in [5.74, 6) is 0.711. The first-order valence-electron chi connectivity index (χ1n) is 14.0. The number of pyridine rings is 1. The number of phosphoric ester groups is 1. The number of hydrogen-bond acceptors (Lipinski definition) is 7. The first-order chi connectivity index (χ1) is 19.5. The molecule has 2 N–H and O–H groups in total. The molecule has 4 aromatic rings. The summed E-state index contributed by atoms with van der Waals surface area (Å²) in [6.45, 7) is 9.85. The summed E-state index contributed by atoms with van der Waals surface area (Å²) in [4.78, 5) is 27.3. The van der Waals surface area contributed by atoms with Crippen LogP contribution in [0, 0.1) is 0 Å². The number of unbranched alkanes of at least 4 members (excludes halogenated alkanes) is 1. The molecule has 1 aliphatic rings. The normalized spacial score (nSPS) is 17.1. The highest BCUT2D eigenvalue weighted by molar-refractivity contribution is 7.47. The van der Waals surface area contributed by atoms with Gasteiger partial charge >= 0.3 is 7.82 Å². The maximum atomic E-state index is 12.7. The van der Waals surface area contributed by atoms with Gasteiger partial charge in [-0.3, -0.25) is 13.8 Å². The van der Waals surface area contributed by atoms with Gasteiger partial charge in [0.1, 0.15) is 5.75 Å². The van der Waals surface area contributed by atoms with Crippen molar-refractivity contribution < 1.29 is 27.7 Å². The van der Waals surface area contributed by atoms with Crippen LogP contribution in [0.3, 0.4) is 0 Å². The second-order valence-corrected chi connectivity index (χ2v) is 14.0. The van der Waals surface area contributed by atoms with Crippen molar-refractivity contribution in [2.45, 2.75) is 39.2 Å². The number of aromatic nitrogens is 1. The summed E-state index contributed by atoms with van der Waals surface area (Å²) < 4.78 is 31.5. The van der Waals surface area contributed by atoms with E-state index < -0.39 is 13.4 Å². The molecule has 2 aromatic heterocycles. The second-order valence-electron chi connectivity index (χ2n) is 11.7. The molecule has 2 aromatic carbocycles. The van der Waals surface area contributed by atoms with E-state index in [-0.39, 0.29) is 12.3 Å². The highest BCUT2D eigenvalue weighted by Crippen LogP contribution is 2.47. The second kappa shape index (κ2) is 12.3. The quantitative estimate of drug-likeness (QED) is 0.121. The monoisotopic (exact) mass is 600 g/mol. The SMILES string of the molecule is CC(C)(C)OP(=O)(O)OC[N+]1(CCCCOc2ccc3ccc(=O)[nH]c3c2)CCN(c2cccc3sccc23)CC1. The third-order valence-electron chi connectivity index (χ3n) is 7.38. The molecular formula is C30H39N3O6PS+. The topological polar surface area (TPSA) is 101 Å². The Hall–Kier alpha value is -2.72. The summed E-state index contributed by atoms with van der Waals surface area (Å²) in [6, 6.07) is 17.6. The summed E-state index contributed by atoms with van der Waals surface area (Å²) in [5.41, 5.74) is 1.05. The Morgan fingerprint density at radius 2 is 1.85 bits per heavy atom. The van der Waals surface area contributed by atoms with Crippen molar-refractivity contribution in [1.29, 1.82) is 0 Å². The molecule has 1 unspecified atom stereocenters. The lowest BCUT2D eigenvalue weighted by atomic mass is 10.1. The Morgan fingerprint density at radius 3 is 2.63 bits per heavy atom. The van der Waals surface area contributed by atoms with Gasteiger partial charge in [-0.2, -0.15) is 0 Å². The molecular weight excluding hydrogens is 561 g/mol. The van der Waals surface area contributed by atoms with E-state index in [9.17, 15) is 14.3 Å². The first-order valence-corrected chi connectivity index (χ1v) is 16.4. The van der Waals surface area contributed by atoms with E-state index in [2.05, 4.69) is 39.5 Å². The van der Waals surface area contributed by atoms with E-state index in [1.807, 2.05) is 18.2 Å². The first kappa shape index (κ1) is 29.8. The average Bonchev–Trinajstić information content (AvgIpc) is 3.40. The number of thiophene rings is 1. The van der Waals surface area contributed by atoms with E-state index in [4.69, 9.17) is 13.8 Å². The van der Waals surface area contributed by atoms with Gasteiger partial charge in [-0.25, -0.2) is 9.09 Å². The molecule has 5 rings (SSSR count). The number of phosphoric acid groups is 1. The van der Waals surface area contributed by atoms with Gasteiger partial charge in [0.05, 0.1) is 50.4 Å². The predicted octanol–water partition coefficient (Wildman–Crippen LogP) is 6.13. The van der Waals surface area contributed by atoms with E-state index in [0.717, 1.165) is 56.5 Å². The average molecular weight is 601 g/mol. The Bertz CT molecular complexity index is 1590. The van der Waals surface area contributed by atoms with Crippen molar-refractivity contribution in [1.82, 2.24) is 4.98 Å². The van der Waals surface area contributed by atoms with Crippen molar-refractivity contribution in [3.63, 3.8) is 0 Å². The Morgan fingerprint density at radius 1 is 1.07 bits per heavy atom. The van der Waals surface area contributed by atoms with Gasteiger partial charge in [0, 0.05) is 27.9 Å². The summed E-state index contributed by atoms with van der Waals surface area (Å²) in [7, 11) is -4.21. The lowest BCUT2D eigenvalue weighted by Crippen LogP contribution is -2.60. The van der Waals surface area contributed by atoms with Crippen LogP contribution < -0.4 is 15.2 Å². The standard InChI is InChI=1S/C30H38N3O6PS/c1-30(2,3)39-40(35,36)38-22-33(17-14-32(15-18-33)27-7-6-8-28-25(27)13-20-41-28)16-4-5-19-37-24-11-9-23-10-12-29(34)31-26(23)21-24/h6-13,20-21H,4-5,14-19,22H2,1-3H3,(H-,31,34,35,36)/p+1. The van der Waals surface area contributed by atoms with Crippen LogP contribution in [0.4, 0.5) is 5.69 Å².